The Morgan fingerprint density at radius 2 is 2.20 bits per heavy atom. The summed E-state index contributed by atoms with van der Waals surface area (Å²) in [5.41, 5.74) is 1.44. The molecule has 0 bridgehead atoms. The van der Waals surface area contributed by atoms with Crippen LogP contribution in [0.1, 0.15) is 19.3 Å². The quantitative estimate of drug-likeness (QED) is 0.578. The molecule has 0 aliphatic carbocycles. The molecule has 1 rings (SSSR count). The van der Waals surface area contributed by atoms with Gasteiger partial charge < -0.3 is 0 Å². The molecule has 0 amide bonds. The summed E-state index contributed by atoms with van der Waals surface area (Å²) in [5, 5.41) is 0. The Balaban J connectivity index is 2.59. The molecular formula is C9H13B. The number of hydrogen-bond donors (Lipinski definition) is 0. The van der Waals surface area contributed by atoms with Crippen LogP contribution in [-0.2, 0) is 6.42 Å². The Hall–Kier alpha value is -0.585. The van der Waals surface area contributed by atoms with Crippen molar-refractivity contribution >= 4 is 6.91 Å². The topological polar surface area (TPSA) is 0 Å². The molecule has 0 nitrogen and oxygen atoms in total. The van der Waals surface area contributed by atoms with E-state index in [4.69, 9.17) is 0 Å². The third-order valence-electron chi connectivity index (χ3n) is 1.49. The van der Waals surface area contributed by atoms with Crippen molar-refractivity contribution in [2.45, 2.75) is 20.3 Å². The molecule has 0 saturated carbocycles. The van der Waals surface area contributed by atoms with E-state index in [9.17, 15) is 0 Å². The first kappa shape index (κ1) is 7.52. The van der Waals surface area contributed by atoms with Gasteiger partial charge in [-0.1, -0.05) is 0 Å². The average molecular weight is 132 g/mol. The molecule has 0 unspecified atom stereocenters. The molecule has 0 saturated heterocycles. The van der Waals surface area contributed by atoms with Crippen LogP contribution in [0.2, 0.25) is 0 Å². The van der Waals surface area contributed by atoms with E-state index >= 15 is 0 Å². The Morgan fingerprint density at radius 1 is 1.40 bits per heavy atom. The molecule has 0 aliphatic heterocycles. The maximum atomic E-state index is 2.24. The fourth-order valence-electron chi connectivity index (χ4n) is 1.09. The molecule has 52 valence electrons. The zero-order valence-corrected chi connectivity index (χ0v) is 6.67. The summed E-state index contributed by atoms with van der Waals surface area (Å²) in [5.74, 6) is 2.86. The average Bonchev–Trinajstić information content (AvgIpc) is 1.88. The summed E-state index contributed by atoms with van der Waals surface area (Å²) in [7, 11) is 0. The van der Waals surface area contributed by atoms with Crippen LogP contribution in [0.25, 0.3) is 0 Å². The summed E-state index contributed by atoms with van der Waals surface area (Å²) < 4.78 is 0. The Bertz CT molecular complexity index is 179. The molecule has 1 heteroatoms. The van der Waals surface area contributed by atoms with E-state index < -0.39 is 0 Å². The molecule has 0 aliphatic rings. The third-order valence-corrected chi connectivity index (χ3v) is 1.49. The Morgan fingerprint density at radius 3 is 2.70 bits per heavy atom. The van der Waals surface area contributed by atoms with Crippen LogP contribution < -0.4 is 0 Å². The zero-order chi connectivity index (χ0) is 7.40. The van der Waals surface area contributed by atoms with E-state index in [2.05, 4.69) is 44.9 Å². The molecule has 0 spiro atoms. The van der Waals surface area contributed by atoms with Gasteiger partial charge in [0, 0.05) is 0 Å². The second-order valence-electron chi connectivity index (χ2n) is 3.08. The van der Waals surface area contributed by atoms with Gasteiger partial charge in [0.25, 0.3) is 0 Å². The predicted molar refractivity (Wildman–Crippen MR) is 46.3 cm³/mol. The first-order valence-corrected chi connectivity index (χ1v) is 3.83. The van der Waals surface area contributed by atoms with Crippen LogP contribution in [0.15, 0.2) is 24.2 Å². The van der Waals surface area contributed by atoms with Crippen LogP contribution in [-0.4, -0.2) is 6.91 Å². The van der Waals surface area contributed by atoms with Gasteiger partial charge in [-0.3, -0.25) is 0 Å². The van der Waals surface area contributed by atoms with E-state index in [1.165, 1.54) is 11.9 Å². The first-order valence-electron chi connectivity index (χ1n) is 3.83. The molecule has 1 heterocycles. The summed E-state index contributed by atoms with van der Waals surface area (Å²) in [6.07, 6.45) is 1.20. The van der Waals surface area contributed by atoms with Crippen molar-refractivity contribution in [2.75, 3.05) is 0 Å². The molecule has 1 aromatic heterocycles. The van der Waals surface area contributed by atoms with E-state index in [1.54, 1.807) is 0 Å². The second kappa shape index (κ2) is 3.55. The zero-order valence-electron chi connectivity index (χ0n) is 6.67. The minimum absolute atomic E-state index is 0.766. The van der Waals surface area contributed by atoms with Gasteiger partial charge >= 0.3 is 62.7 Å². The maximum absolute atomic E-state index is 2.24. The second-order valence-corrected chi connectivity index (χ2v) is 3.08. The molecule has 10 heavy (non-hydrogen) atoms. The van der Waals surface area contributed by atoms with Crippen molar-refractivity contribution in [3.63, 3.8) is 0 Å². The van der Waals surface area contributed by atoms with Crippen LogP contribution in [0.5, 0.6) is 0 Å². The van der Waals surface area contributed by atoms with Crippen LogP contribution in [0.4, 0.5) is 0 Å². The third kappa shape index (κ3) is 2.34. The van der Waals surface area contributed by atoms with E-state index in [0.29, 0.717) is 0 Å². The van der Waals surface area contributed by atoms with Crippen molar-refractivity contribution in [1.82, 2.24) is 0 Å². The summed E-state index contributed by atoms with van der Waals surface area (Å²) in [4.78, 5) is 0. The van der Waals surface area contributed by atoms with Gasteiger partial charge in [0.1, 0.15) is 0 Å². The molecule has 0 N–H and O–H groups in total. The van der Waals surface area contributed by atoms with Gasteiger partial charge in [0.05, 0.1) is 0 Å². The van der Waals surface area contributed by atoms with Crippen LogP contribution in [0.3, 0.4) is 0 Å². The molecule has 1 aromatic rings. The number of hydrogen-bond acceptors (Lipinski definition) is 0. The number of rotatable bonds is 2. The predicted octanol–water partition coefficient (Wildman–Crippen LogP) is 2.22. The van der Waals surface area contributed by atoms with Gasteiger partial charge in [0.15, 0.2) is 0 Å². The summed E-state index contributed by atoms with van der Waals surface area (Å²) in [6, 6.07) is 6.33. The molecule has 0 aromatic carbocycles. The molecule has 0 radical (unpaired) electrons. The van der Waals surface area contributed by atoms with Gasteiger partial charge in [-0.2, -0.15) is 0 Å². The SMILES string of the molecule is CC(C)Cc1bcccc1. The van der Waals surface area contributed by atoms with Crippen LogP contribution >= 0.6 is 0 Å². The first-order chi connectivity index (χ1) is 4.79. The van der Waals surface area contributed by atoms with Crippen molar-refractivity contribution in [3.8, 4) is 0 Å². The Labute approximate surface area is 63.5 Å². The van der Waals surface area contributed by atoms with Gasteiger partial charge in [-0.25, -0.2) is 0 Å². The monoisotopic (exact) mass is 132 g/mol. The molecular weight excluding hydrogens is 119 g/mol. The molecule has 0 atom stereocenters. The van der Waals surface area contributed by atoms with Crippen molar-refractivity contribution in [2.24, 2.45) is 5.92 Å². The summed E-state index contributed by atoms with van der Waals surface area (Å²) in [6.45, 7) is 6.67. The van der Waals surface area contributed by atoms with Gasteiger partial charge in [0.2, 0.25) is 0 Å². The van der Waals surface area contributed by atoms with E-state index in [-0.39, 0.29) is 0 Å². The van der Waals surface area contributed by atoms with E-state index in [1.807, 2.05) is 0 Å². The fraction of sp³-hybridized carbons (Fsp3) is 0.444. The van der Waals surface area contributed by atoms with Gasteiger partial charge in [-0.05, 0) is 0 Å². The van der Waals surface area contributed by atoms with Crippen molar-refractivity contribution < 1.29 is 0 Å². The fourth-order valence-corrected chi connectivity index (χ4v) is 1.09. The minimum atomic E-state index is 0.766. The standard InChI is InChI=1S/C9H13B/c1-8(2)7-9-5-3-4-6-10-9/h3-6,8H,7H2,1-2H3. The molecule has 0 fully saturated rings. The van der Waals surface area contributed by atoms with Crippen molar-refractivity contribution in [1.29, 1.82) is 0 Å². The van der Waals surface area contributed by atoms with Gasteiger partial charge in [-0.15, -0.1) is 0 Å². The Kier molecular flexibility index (Phi) is 2.67. The van der Waals surface area contributed by atoms with Crippen LogP contribution in [0, 0.1) is 5.92 Å². The van der Waals surface area contributed by atoms with Crippen molar-refractivity contribution in [3.05, 3.63) is 29.6 Å². The normalized spacial score (nSPS) is 9.90. The summed E-state index contributed by atoms with van der Waals surface area (Å²) >= 11 is 0. The van der Waals surface area contributed by atoms with E-state index in [0.717, 1.165) is 5.92 Å².